The van der Waals surface area contributed by atoms with Crippen molar-refractivity contribution in [3.05, 3.63) is 53.6 Å². The third-order valence-corrected chi connectivity index (χ3v) is 3.49. The molecule has 1 amide bonds. The van der Waals surface area contributed by atoms with E-state index in [2.05, 4.69) is 5.32 Å². The van der Waals surface area contributed by atoms with Gasteiger partial charge in [0.2, 0.25) is 0 Å². The van der Waals surface area contributed by atoms with Crippen LogP contribution in [0.25, 0.3) is 0 Å². The molecule has 0 unspecified atom stereocenters. The molecule has 2 aromatic rings. The van der Waals surface area contributed by atoms with Crippen LogP contribution < -0.4 is 14.8 Å². The second kappa shape index (κ2) is 8.01. The zero-order valence-electron chi connectivity index (χ0n) is 13.5. The summed E-state index contributed by atoms with van der Waals surface area (Å²) >= 11 is 0. The molecular weight excluding hydrogens is 310 g/mol. The van der Waals surface area contributed by atoms with Crippen LogP contribution in [0.2, 0.25) is 0 Å². The number of benzene rings is 2. The van der Waals surface area contributed by atoms with Gasteiger partial charge in [0.05, 0.1) is 19.8 Å². The van der Waals surface area contributed by atoms with Gasteiger partial charge < -0.3 is 19.9 Å². The van der Waals surface area contributed by atoms with Gasteiger partial charge in [0.25, 0.3) is 5.91 Å². The largest absolute Gasteiger partial charge is 0.497 e. The molecule has 0 aliphatic heterocycles. The molecule has 0 atom stereocenters. The lowest BCUT2D eigenvalue weighted by Crippen LogP contribution is -2.13. The molecule has 126 valence electrons. The Labute approximate surface area is 140 Å². The fourth-order valence-electron chi connectivity index (χ4n) is 2.19. The quantitative estimate of drug-likeness (QED) is 0.816. The first-order valence-electron chi connectivity index (χ1n) is 7.37. The molecule has 2 aromatic carbocycles. The summed E-state index contributed by atoms with van der Waals surface area (Å²) in [4.78, 5) is 23.0. The van der Waals surface area contributed by atoms with Gasteiger partial charge >= 0.3 is 5.97 Å². The number of anilines is 1. The van der Waals surface area contributed by atoms with Crippen LogP contribution in [0.5, 0.6) is 11.5 Å². The molecule has 0 saturated heterocycles. The van der Waals surface area contributed by atoms with Crippen LogP contribution in [0.3, 0.4) is 0 Å². The monoisotopic (exact) mass is 329 g/mol. The van der Waals surface area contributed by atoms with Crippen molar-refractivity contribution in [1.29, 1.82) is 0 Å². The highest BCUT2D eigenvalue weighted by Crippen LogP contribution is 2.25. The zero-order valence-corrected chi connectivity index (χ0v) is 13.5. The van der Waals surface area contributed by atoms with E-state index in [0.717, 1.165) is 5.56 Å². The van der Waals surface area contributed by atoms with E-state index in [1.807, 2.05) is 0 Å². The van der Waals surface area contributed by atoms with E-state index in [1.165, 1.54) is 7.11 Å². The number of carboxylic acid groups (broad SMARTS) is 1. The fourth-order valence-corrected chi connectivity index (χ4v) is 2.19. The molecular formula is C18H19NO5. The maximum absolute atomic E-state index is 12.4. The van der Waals surface area contributed by atoms with Gasteiger partial charge in [-0.05, 0) is 36.2 Å². The summed E-state index contributed by atoms with van der Waals surface area (Å²) in [5, 5.41) is 11.5. The van der Waals surface area contributed by atoms with E-state index in [9.17, 15) is 9.59 Å². The Morgan fingerprint density at radius 2 is 1.75 bits per heavy atom. The standard InChI is InChI=1S/C18H19NO5/c1-23-14-8-9-15(16(11-14)24-2)18(22)19-13-6-3-12(4-7-13)5-10-17(20)21/h3-4,6-9,11H,5,10H2,1-2H3,(H,19,22)(H,20,21). The molecule has 2 rings (SSSR count). The summed E-state index contributed by atoms with van der Waals surface area (Å²) in [6, 6.07) is 12.0. The predicted molar refractivity (Wildman–Crippen MR) is 89.9 cm³/mol. The van der Waals surface area contributed by atoms with Crippen molar-refractivity contribution in [3.8, 4) is 11.5 Å². The van der Waals surface area contributed by atoms with Gasteiger partial charge in [0.15, 0.2) is 0 Å². The van der Waals surface area contributed by atoms with Crippen molar-refractivity contribution in [1.82, 2.24) is 0 Å². The number of amides is 1. The van der Waals surface area contributed by atoms with Crippen molar-refractivity contribution in [2.24, 2.45) is 0 Å². The average molecular weight is 329 g/mol. The molecule has 0 radical (unpaired) electrons. The first-order valence-corrected chi connectivity index (χ1v) is 7.37. The van der Waals surface area contributed by atoms with Gasteiger partial charge in [-0.15, -0.1) is 0 Å². The first-order chi connectivity index (χ1) is 11.5. The molecule has 6 nitrogen and oxygen atoms in total. The topological polar surface area (TPSA) is 84.9 Å². The Kier molecular flexibility index (Phi) is 5.78. The van der Waals surface area contributed by atoms with Crippen LogP contribution in [0, 0.1) is 0 Å². The fraction of sp³-hybridized carbons (Fsp3) is 0.222. The minimum absolute atomic E-state index is 0.0781. The van der Waals surface area contributed by atoms with Crippen molar-refractivity contribution in [2.75, 3.05) is 19.5 Å². The number of hydrogen-bond donors (Lipinski definition) is 2. The lowest BCUT2D eigenvalue weighted by atomic mass is 10.1. The summed E-state index contributed by atoms with van der Waals surface area (Å²) in [7, 11) is 3.03. The second-order valence-corrected chi connectivity index (χ2v) is 5.11. The lowest BCUT2D eigenvalue weighted by molar-refractivity contribution is -0.136. The number of methoxy groups -OCH3 is 2. The molecule has 0 bridgehead atoms. The summed E-state index contributed by atoms with van der Waals surface area (Å²) in [6.45, 7) is 0. The molecule has 0 aliphatic rings. The molecule has 0 aromatic heterocycles. The molecule has 6 heteroatoms. The minimum atomic E-state index is -0.834. The first kappa shape index (κ1) is 17.3. The maximum Gasteiger partial charge on any atom is 0.303 e. The highest BCUT2D eigenvalue weighted by molar-refractivity contribution is 6.06. The predicted octanol–water partition coefficient (Wildman–Crippen LogP) is 2.97. The second-order valence-electron chi connectivity index (χ2n) is 5.11. The van der Waals surface area contributed by atoms with Crippen molar-refractivity contribution < 1.29 is 24.2 Å². The van der Waals surface area contributed by atoms with E-state index in [1.54, 1.807) is 49.6 Å². The number of ether oxygens (including phenoxy) is 2. The normalized spacial score (nSPS) is 10.1. The summed E-state index contributed by atoms with van der Waals surface area (Å²) in [5.74, 6) is -0.108. The van der Waals surface area contributed by atoms with Crippen molar-refractivity contribution in [2.45, 2.75) is 12.8 Å². The van der Waals surface area contributed by atoms with Crippen LogP contribution in [-0.4, -0.2) is 31.2 Å². The number of nitrogens with one attached hydrogen (secondary N) is 1. The van der Waals surface area contributed by atoms with Crippen LogP contribution in [0.15, 0.2) is 42.5 Å². The van der Waals surface area contributed by atoms with Crippen molar-refractivity contribution in [3.63, 3.8) is 0 Å². The SMILES string of the molecule is COc1ccc(C(=O)Nc2ccc(CCC(=O)O)cc2)c(OC)c1. The Balaban J connectivity index is 2.08. The number of carboxylic acids is 1. The number of carbonyl (C=O) groups excluding carboxylic acids is 1. The Morgan fingerprint density at radius 1 is 1.04 bits per heavy atom. The summed E-state index contributed by atoms with van der Waals surface area (Å²) < 4.78 is 10.3. The third kappa shape index (κ3) is 4.49. The van der Waals surface area contributed by atoms with Gasteiger partial charge in [0, 0.05) is 18.2 Å². The molecule has 0 heterocycles. The molecule has 0 aliphatic carbocycles. The Hall–Kier alpha value is -3.02. The number of rotatable bonds is 7. The number of aryl methyl sites for hydroxylation is 1. The highest BCUT2D eigenvalue weighted by Gasteiger charge is 2.13. The smallest absolute Gasteiger partial charge is 0.303 e. The van der Waals surface area contributed by atoms with E-state index in [0.29, 0.717) is 29.2 Å². The number of aliphatic carboxylic acids is 1. The summed E-state index contributed by atoms with van der Waals surface area (Å²) in [6.07, 6.45) is 0.532. The van der Waals surface area contributed by atoms with E-state index < -0.39 is 5.97 Å². The average Bonchev–Trinajstić information content (AvgIpc) is 2.60. The Morgan fingerprint density at radius 3 is 2.33 bits per heavy atom. The van der Waals surface area contributed by atoms with E-state index in [4.69, 9.17) is 14.6 Å². The van der Waals surface area contributed by atoms with Crippen LogP contribution in [0.1, 0.15) is 22.3 Å². The van der Waals surface area contributed by atoms with Crippen LogP contribution in [0.4, 0.5) is 5.69 Å². The van der Waals surface area contributed by atoms with Gasteiger partial charge in [0.1, 0.15) is 11.5 Å². The van der Waals surface area contributed by atoms with Gasteiger partial charge in [-0.2, -0.15) is 0 Å². The molecule has 0 spiro atoms. The molecule has 2 N–H and O–H groups in total. The Bertz CT molecular complexity index is 725. The maximum atomic E-state index is 12.4. The van der Waals surface area contributed by atoms with Crippen LogP contribution in [-0.2, 0) is 11.2 Å². The number of hydrogen-bond acceptors (Lipinski definition) is 4. The van der Waals surface area contributed by atoms with Gasteiger partial charge in [-0.3, -0.25) is 9.59 Å². The van der Waals surface area contributed by atoms with E-state index in [-0.39, 0.29) is 12.3 Å². The number of carbonyl (C=O) groups is 2. The van der Waals surface area contributed by atoms with E-state index >= 15 is 0 Å². The summed E-state index contributed by atoms with van der Waals surface area (Å²) in [5.41, 5.74) is 1.92. The highest BCUT2D eigenvalue weighted by atomic mass is 16.5. The molecule has 24 heavy (non-hydrogen) atoms. The molecule has 0 fully saturated rings. The zero-order chi connectivity index (χ0) is 17.5. The lowest BCUT2D eigenvalue weighted by Gasteiger charge is -2.11. The minimum Gasteiger partial charge on any atom is -0.497 e. The van der Waals surface area contributed by atoms with Crippen LogP contribution >= 0.6 is 0 Å². The van der Waals surface area contributed by atoms with Gasteiger partial charge in [-0.25, -0.2) is 0 Å². The third-order valence-electron chi connectivity index (χ3n) is 3.49. The van der Waals surface area contributed by atoms with Gasteiger partial charge in [-0.1, -0.05) is 12.1 Å². The van der Waals surface area contributed by atoms with Crippen molar-refractivity contribution >= 4 is 17.6 Å². The molecule has 0 saturated carbocycles.